The van der Waals surface area contributed by atoms with Crippen LogP contribution < -0.4 is 25.7 Å². The van der Waals surface area contributed by atoms with Gasteiger partial charge in [-0.3, -0.25) is 14.4 Å². The van der Waals surface area contributed by atoms with E-state index in [1.165, 1.54) is 16.2 Å². The van der Waals surface area contributed by atoms with Gasteiger partial charge in [0.15, 0.2) is 5.75 Å². The van der Waals surface area contributed by atoms with Gasteiger partial charge in [-0.05, 0) is 76.8 Å². The molecule has 50 heavy (non-hydrogen) atoms. The summed E-state index contributed by atoms with van der Waals surface area (Å²) in [5.74, 6) is -1.23. The first-order valence-electron chi connectivity index (χ1n) is 16.9. The summed E-state index contributed by atoms with van der Waals surface area (Å²) in [4.78, 5) is 66.7. The van der Waals surface area contributed by atoms with Crippen LogP contribution in [0.25, 0.3) is 10.2 Å². The second kappa shape index (κ2) is 14.9. The molecule has 2 aliphatic heterocycles. The van der Waals surface area contributed by atoms with Crippen molar-refractivity contribution >= 4 is 57.0 Å². The van der Waals surface area contributed by atoms with Crippen molar-refractivity contribution in [2.75, 3.05) is 6.54 Å². The number of rotatable bonds is 6. The summed E-state index contributed by atoms with van der Waals surface area (Å²) in [6.45, 7) is 5.32. The predicted molar refractivity (Wildman–Crippen MR) is 189 cm³/mol. The lowest BCUT2D eigenvalue weighted by molar-refractivity contribution is -0.142. The Balaban J connectivity index is 1.27. The highest BCUT2D eigenvalue weighted by Gasteiger charge is 2.61. The summed E-state index contributed by atoms with van der Waals surface area (Å²) in [7, 11) is 0. The Labute approximate surface area is 299 Å². The topological polar surface area (TPSA) is 148 Å². The second-order valence-corrected chi connectivity index (χ2v) is 15.4. The molecule has 1 saturated heterocycles. The molecule has 3 aliphatic rings. The minimum atomic E-state index is -1.27. The van der Waals surface area contributed by atoms with Crippen LogP contribution >= 0.6 is 22.9 Å². The number of para-hydroxylation sites is 1. The maximum atomic E-state index is 14.3. The fourth-order valence-corrected chi connectivity index (χ4v) is 7.53. The van der Waals surface area contributed by atoms with Crippen molar-refractivity contribution in [2.45, 2.75) is 95.0 Å². The number of halogens is 1. The molecule has 3 aromatic rings. The first-order chi connectivity index (χ1) is 23.9. The molecule has 0 radical (unpaired) electrons. The van der Waals surface area contributed by atoms with Crippen molar-refractivity contribution in [2.24, 2.45) is 5.92 Å². The number of nitrogens with one attached hydrogen (secondary N) is 3. The summed E-state index contributed by atoms with van der Waals surface area (Å²) in [6.07, 6.45) is 6.69. The molecule has 0 spiro atoms. The number of carbonyl (C=O) groups excluding carboxylic acids is 4. The zero-order valence-electron chi connectivity index (χ0n) is 28.3. The fraction of sp³-hybridized carbons (Fsp3) is 0.472. The van der Waals surface area contributed by atoms with Crippen LogP contribution in [-0.2, 0) is 19.1 Å². The van der Waals surface area contributed by atoms with Crippen LogP contribution in [0.4, 0.5) is 4.79 Å². The van der Waals surface area contributed by atoms with Crippen LogP contribution in [0.2, 0.25) is 5.02 Å². The van der Waals surface area contributed by atoms with E-state index in [9.17, 15) is 19.2 Å². The summed E-state index contributed by atoms with van der Waals surface area (Å²) < 4.78 is 12.6. The number of hydrogen-bond donors (Lipinski definition) is 3. The molecule has 3 N–H and O–H groups in total. The SMILES string of the molecule is CC(C)(C)OC(=O)N[C@H]1CCCCC/C=C\[C@H]2C[C@@]2(C(=O)NOc2ccccc2)NC(=O)[C@@H]2C[C@@H](Oc3nc4ccc(Cl)cc4s3)CN2C1=O. The van der Waals surface area contributed by atoms with Crippen molar-refractivity contribution in [3.05, 3.63) is 65.7 Å². The normalized spacial score (nSPS) is 26.4. The Morgan fingerprint density at radius 1 is 1.10 bits per heavy atom. The van der Waals surface area contributed by atoms with Gasteiger partial charge in [0.2, 0.25) is 11.8 Å². The highest BCUT2D eigenvalue weighted by Crippen LogP contribution is 2.45. The zero-order chi connectivity index (χ0) is 35.5. The largest absolute Gasteiger partial charge is 0.465 e. The maximum Gasteiger partial charge on any atom is 0.408 e. The van der Waals surface area contributed by atoms with E-state index in [2.05, 4.69) is 21.1 Å². The number of benzene rings is 2. The number of thiazole rings is 1. The number of nitrogens with zero attached hydrogens (tertiary/aromatic N) is 2. The summed E-state index contributed by atoms with van der Waals surface area (Å²) in [5, 5.41) is 6.71. The first-order valence-corrected chi connectivity index (χ1v) is 18.1. The molecule has 14 heteroatoms. The van der Waals surface area contributed by atoms with E-state index in [0.717, 1.165) is 29.5 Å². The second-order valence-electron chi connectivity index (χ2n) is 14.0. The highest BCUT2D eigenvalue weighted by molar-refractivity contribution is 7.20. The van der Waals surface area contributed by atoms with Crippen molar-refractivity contribution in [1.29, 1.82) is 0 Å². The monoisotopic (exact) mass is 723 g/mol. The first kappa shape index (κ1) is 35.5. The molecule has 0 unspecified atom stereocenters. The molecule has 4 amide bonds. The number of ether oxygens (including phenoxy) is 2. The van der Waals surface area contributed by atoms with Gasteiger partial charge in [-0.15, -0.1) is 0 Å². The van der Waals surface area contributed by atoms with E-state index >= 15 is 0 Å². The van der Waals surface area contributed by atoms with Gasteiger partial charge in [0.05, 0.1) is 16.8 Å². The molecule has 12 nitrogen and oxygen atoms in total. The quantitative estimate of drug-likeness (QED) is 0.217. The van der Waals surface area contributed by atoms with E-state index in [1.54, 1.807) is 63.2 Å². The van der Waals surface area contributed by atoms with Crippen molar-refractivity contribution in [3.8, 4) is 10.9 Å². The standard InChI is InChI=1S/C36H42ClN5O7S/c1-35(2,3)48-33(46)38-27-15-11-6-4-5-8-12-22-20-36(22,32(45)41-49-24-13-9-7-10-14-24)40-30(43)28-19-25(21-42(28)31(27)44)47-34-39-26-17-16-23(37)18-29(26)50-34/h7-10,12-14,16-18,22,25,27-28H,4-6,11,15,19-21H2,1-3H3,(H,38,46)(H,40,43)(H,41,45)/b12-8-/t22-,25+,27-,28-,36+/m0/s1. The van der Waals surface area contributed by atoms with Crippen molar-refractivity contribution in [3.63, 3.8) is 0 Å². The third-order valence-electron chi connectivity index (χ3n) is 8.94. The molecule has 1 aromatic heterocycles. The number of allylic oxidation sites excluding steroid dienone is 1. The van der Waals surface area contributed by atoms with E-state index in [0.29, 0.717) is 35.2 Å². The number of fused-ring (bicyclic) bond motifs is 3. The van der Waals surface area contributed by atoms with Gasteiger partial charge in [0, 0.05) is 17.4 Å². The zero-order valence-corrected chi connectivity index (χ0v) is 29.9. The van der Waals surface area contributed by atoms with Crippen LogP contribution in [0.3, 0.4) is 0 Å². The Bertz CT molecular complexity index is 1760. The lowest BCUT2D eigenvalue weighted by Crippen LogP contribution is -2.58. The van der Waals surface area contributed by atoms with Gasteiger partial charge in [-0.1, -0.05) is 66.1 Å². The molecular weight excluding hydrogens is 682 g/mol. The smallest absolute Gasteiger partial charge is 0.408 e. The van der Waals surface area contributed by atoms with Crippen LogP contribution in [-0.4, -0.2) is 69.6 Å². The molecule has 2 fully saturated rings. The Morgan fingerprint density at radius 2 is 1.90 bits per heavy atom. The Hall–Kier alpha value is -4.36. The minimum Gasteiger partial charge on any atom is -0.465 e. The highest BCUT2D eigenvalue weighted by atomic mass is 35.5. The number of hydroxylamine groups is 1. The number of amides is 4. The Morgan fingerprint density at radius 3 is 2.68 bits per heavy atom. The number of hydrogen-bond acceptors (Lipinski definition) is 9. The molecule has 3 heterocycles. The third-order valence-corrected chi connectivity index (χ3v) is 10.1. The molecule has 5 atom stereocenters. The molecule has 1 aliphatic carbocycles. The van der Waals surface area contributed by atoms with Gasteiger partial charge >= 0.3 is 6.09 Å². The molecule has 6 rings (SSSR count). The fourth-order valence-electron chi connectivity index (χ4n) is 6.37. The van der Waals surface area contributed by atoms with Gasteiger partial charge in [0.25, 0.3) is 11.1 Å². The van der Waals surface area contributed by atoms with Crippen molar-refractivity contribution < 1.29 is 33.5 Å². The van der Waals surface area contributed by atoms with Crippen LogP contribution in [0.5, 0.6) is 10.9 Å². The van der Waals surface area contributed by atoms with E-state index in [-0.39, 0.29) is 18.9 Å². The Kier molecular flexibility index (Phi) is 10.5. The van der Waals surface area contributed by atoms with Crippen LogP contribution in [0.15, 0.2) is 60.7 Å². The number of carbonyl (C=O) groups is 4. The number of aromatic nitrogens is 1. The van der Waals surface area contributed by atoms with Crippen LogP contribution in [0.1, 0.15) is 65.7 Å². The van der Waals surface area contributed by atoms with Crippen molar-refractivity contribution in [1.82, 2.24) is 26.0 Å². The van der Waals surface area contributed by atoms with Gasteiger partial charge in [0.1, 0.15) is 29.3 Å². The molecule has 2 aromatic carbocycles. The molecule has 1 saturated carbocycles. The average molecular weight is 724 g/mol. The minimum absolute atomic E-state index is 0.0692. The van der Waals surface area contributed by atoms with E-state index in [1.807, 2.05) is 18.2 Å². The lowest BCUT2D eigenvalue weighted by Gasteiger charge is -2.30. The summed E-state index contributed by atoms with van der Waals surface area (Å²) in [5.41, 5.74) is 1.20. The van der Waals surface area contributed by atoms with E-state index < -0.39 is 53.1 Å². The summed E-state index contributed by atoms with van der Waals surface area (Å²) in [6, 6.07) is 12.2. The van der Waals surface area contributed by atoms with Gasteiger partial charge in [-0.25, -0.2) is 9.78 Å². The molecule has 0 bridgehead atoms. The maximum absolute atomic E-state index is 14.3. The van der Waals surface area contributed by atoms with E-state index in [4.69, 9.17) is 25.9 Å². The number of alkyl carbamates (subject to hydrolysis) is 1. The van der Waals surface area contributed by atoms with Crippen LogP contribution in [0, 0.1) is 5.92 Å². The average Bonchev–Trinajstić information content (AvgIpc) is 3.37. The molecular formula is C36H42ClN5O7S. The van der Waals surface area contributed by atoms with Gasteiger partial charge in [-0.2, -0.15) is 5.48 Å². The third kappa shape index (κ3) is 8.50. The summed E-state index contributed by atoms with van der Waals surface area (Å²) >= 11 is 7.50. The predicted octanol–water partition coefficient (Wildman–Crippen LogP) is 5.70. The lowest BCUT2D eigenvalue weighted by atomic mass is 10.0. The molecule has 266 valence electrons. The van der Waals surface area contributed by atoms with Gasteiger partial charge < -0.3 is 29.8 Å².